The first kappa shape index (κ1) is 18.6. The van der Waals surface area contributed by atoms with Crippen LogP contribution in [0.15, 0.2) is 18.2 Å². The topological polar surface area (TPSA) is 82.8 Å². The standard InChI is InChI=1S/C19H23FN2O4/c1-18(2,3)26-17(23)22-15-7-19(24,8-16(22)11-25-10-15)13-4-12(9-21)5-14(20)6-13/h4-6,15-16,24H,7-8,10-11H2,1-3H3. The van der Waals surface area contributed by atoms with Gasteiger partial charge in [0.05, 0.1) is 42.5 Å². The van der Waals surface area contributed by atoms with Crippen molar-refractivity contribution in [3.63, 3.8) is 0 Å². The van der Waals surface area contributed by atoms with Gasteiger partial charge in [-0.3, -0.25) is 4.90 Å². The van der Waals surface area contributed by atoms with Crippen molar-refractivity contribution in [2.75, 3.05) is 13.2 Å². The van der Waals surface area contributed by atoms with E-state index in [-0.39, 0.29) is 43.7 Å². The van der Waals surface area contributed by atoms with E-state index in [1.807, 2.05) is 6.07 Å². The Hall–Kier alpha value is -2.17. The van der Waals surface area contributed by atoms with Crippen LogP contribution in [0.25, 0.3) is 0 Å². The Bertz CT molecular complexity index is 739. The van der Waals surface area contributed by atoms with Crippen molar-refractivity contribution in [3.05, 3.63) is 35.1 Å². The number of carbonyl (C=O) groups excluding carboxylic acids is 1. The van der Waals surface area contributed by atoms with Crippen molar-refractivity contribution in [3.8, 4) is 6.07 Å². The summed E-state index contributed by atoms with van der Waals surface area (Å²) in [6.45, 7) is 5.95. The lowest BCUT2D eigenvalue weighted by Gasteiger charge is -2.51. The summed E-state index contributed by atoms with van der Waals surface area (Å²) in [7, 11) is 0. The molecule has 0 aromatic heterocycles. The molecule has 0 aliphatic carbocycles. The summed E-state index contributed by atoms with van der Waals surface area (Å²) in [5.74, 6) is -0.566. The van der Waals surface area contributed by atoms with Gasteiger partial charge in [0, 0.05) is 12.8 Å². The van der Waals surface area contributed by atoms with Gasteiger partial charge in [0.15, 0.2) is 0 Å². The molecule has 2 unspecified atom stereocenters. The zero-order valence-corrected chi connectivity index (χ0v) is 15.2. The molecule has 1 N–H and O–H groups in total. The number of benzene rings is 1. The van der Waals surface area contributed by atoms with E-state index in [9.17, 15) is 14.3 Å². The molecule has 2 heterocycles. The first-order chi connectivity index (χ1) is 12.1. The van der Waals surface area contributed by atoms with Crippen LogP contribution in [0, 0.1) is 17.1 Å². The molecule has 0 saturated carbocycles. The molecule has 6 nitrogen and oxygen atoms in total. The summed E-state index contributed by atoms with van der Waals surface area (Å²) < 4.78 is 24.9. The molecule has 7 heteroatoms. The van der Waals surface area contributed by atoms with Gasteiger partial charge >= 0.3 is 6.09 Å². The fourth-order valence-corrected chi connectivity index (χ4v) is 3.75. The Labute approximate surface area is 152 Å². The second kappa shape index (κ2) is 6.53. The molecular weight excluding hydrogens is 339 g/mol. The van der Waals surface area contributed by atoms with Crippen LogP contribution in [0.4, 0.5) is 9.18 Å². The smallest absolute Gasteiger partial charge is 0.410 e. The van der Waals surface area contributed by atoms with Gasteiger partial charge < -0.3 is 14.6 Å². The van der Waals surface area contributed by atoms with E-state index in [4.69, 9.17) is 14.7 Å². The Morgan fingerprint density at radius 2 is 1.96 bits per heavy atom. The third-order valence-corrected chi connectivity index (χ3v) is 4.72. The van der Waals surface area contributed by atoms with Crippen LogP contribution in [-0.4, -0.2) is 47.0 Å². The third-order valence-electron chi connectivity index (χ3n) is 4.72. The molecule has 0 spiro atoms. The van der Waals surface area contributed by atoms with Gasteiger partial charge in [-0.1, -0.05) is 0 Å². The Balaban J connectivity index is 1.89. The zero-order chi connectivity index (χ0) is 19.1. The second-order valence-electron chi connectivity index (χ2n) is 8.01. The molecular formula is C19H23FN2O4. The Morgan fingerprint density at radius 3 is 2.50 bits per heavy atom. The molecule has 2 saturated heterocycles. The van der Waals surface area contributed by atoms with E-state index >= 15 is 0 Å². The van der Waals surface area contributed by atoms with Crippen LogP contribution in [0.3, 0.4) is 0 Å². The number of carbonyl (C=O) groups is 1. The number of amides is 1. The third kappa shape index (κ3) is 3.67. The van der Waals surface area contributed by atoms with Crippen LogP contribution in [0.1, 0.15) is 44.7 Å². The maximum atomic E-state index is 13.8. The van der Waals surface area contributed by atoms with Crippen LogP contribution in [0.5, 0.6) is 0 Å². The van der Waals surface area contributed by atoms with Crippen LogP contribution >= 0.6 is 0 Å². The maximum Gasteiger partial charge on any atom is 0.410 e. The number of aliphatic hydroxyl groups is 1. The summed E-state index contributed by atoms with van der Waals surface area (Å²) in [5, 5.41) is 20.3. The fraction of sp³-hybridized carbons (Fsp3) is 0.579. The second-order valence-corrected chi connectivity index (χ2v) is 8.01. The van der Waals surface area contributed by atoms with Crippen molar-refractivity contribution < 1.29 is 23.8 Å². The summed E-state index contributed by atoms with van der Waals surface area (Å²) in [4.78, 5) is 14.2. The largest absolute Gasteiger partial charge is 0.444 e. The van der Waals surface area contributed by atoms with Crippen LogP contribution < -0.4 is 0 Å². The quantitative estimate of drug-likeness (QED) is 0.830. The maximum absolute atomic E-state index is 13.8. The highest BCUT2D eigenvalue weighted by Gasteiger charge is 2.50. The van der Waals surface area contributed by atoms with Crippen molar-refractivity contribution in [1.82, 2.24) is 4.90 Å². The average molecular weight is 362 g/mol. The molecule has 2 aliphatic heterocycles. The number of hydrogen-bond donors (Lipinski definition) is 1. The molecule has 2 atom stereocenters. The summed E-state index contributed by atoms with van der Waals surface area (Å²) in [5.41, 5.74) is -1.44. The van der Waals surface area contributed by atoms with E-state index < -0.39 is 23.1 Å². The number of ether oxygens (including phenoxy) is 2. The SMILES string of the molecule is CC(C)(C)OC(=O)N1C2COCC1CC(O)(c1cc(F)cc(C#N)c1)C2. The molecule has 2 aliphatic rings. The number of morpholine rings is 1. The molecule has 0 radical (unpaired) electrons. The van der Waals surface area contributed by atoms with E-state index in [0.717, 1.165) is 6.07 Å². The Morgan fingerprint density at radius 1 is 1.35 bits per heavy atom. The van der Waals surface area contributed by atoms with Gasteiger partial charge in [0.1, 0.15) is 11.4 Å². The van der Waals surface area contributed by atoms with E-state index in [0.29, 0.717) is 5.56 Å². The zero-order valence-electron chi connectivity index (χ0n) is 15.2. The highest BCUT2D eigenvalue weighted by atomic mass is 19.1. The average Bonchev–Trinajstić information content (AvgIpc) is 2.51. The number of nitriles is 1. The van der Waals surface area contributed by atoms with Crippen molar-refractivity contribution in [2.24, 2.45) is 0 Å². The first-order valence-electron chi connectivity index (χ1n) is 8.64. The molecule has 1 aromatic carbocycles. The molecule has 140 valence electrons. The lowest BCUT2D eigenvalue weighted by Crippen LogP contribution is -2.63. The first-order valence-corrected chi connectivity index (χ1v) is 8.64. The molecule has 2 fully saturated rings. The van der Waals surface area contributed by atoms with E-state index in [1.165, 1.54) is 12.1 Å². The fourth-order valence-electron chi connectivity index (χ4n) is 3.75. The van der Waals surface area contributed by atoms with Gasteiger partial charge in [-0.15, -0.1) is 0 Å². The lowest BCUT2D eigenvalue weighted by atomic mass is 9.76. The van der Waals surface area contributed by atoms with Crippen molar-refractivity contribution >= 4 is 6.09 Å². The number of rotatable bonds is 1. The van der Waals surface area contributed by atoms with Crippen LogP contribution in [-0.2, 0) is 15.1 Å². The van der Waals surface area contributed by atoms with E-state index in [1.54, 1.807) is 25.7 Å². The molecule has 1 aromatic rings. The number of fused-ring (bicyclic) bond motifs is 2. The van der Waals surface area contributed by atoms with Gasteiger partial charge in [0.2, 0.25) is 0 Å². The van der Waals surface area contributed by atoms with Crippen molar-refractivity contribution in [1.29, 1.82) is 5.26 Å². The van der Waals surface area contributed by atoms with Gasteiger partial charge in [-0.25, -0.2) is 9.18 Å². The minimum Gasteiger partial charge on any atom is -0.444 e. The summed E-state index contributed by atoms with van der Waals surface area (Å²) in [6.07, 6.45) is -0.0523. The summed E-state index contributed by atoms with van der Waals surface area (Å²) >= 11 is 0. The molecule has 3 rings (SSSR count). The predicted octanol–water partition coefficient (Wildman–Crippen LogP) is 2.68. The Kier molecular flexibility index (Phi) is 4.67. The van der Waals surface area contributed by atoms with E-state index in [2.05, 4.69) is 0 Å². The molecule has 26 heavy (non-hydrogen) atoms. The number of nitrogens with zero attached hydrogens (tertiary/aromatic N) is 2. The van der Waals surface area contributed by atoms with Crippen molar-refractivity contribution in [2.45, 2.75) is 56.9 Å². The van der Waals surface area contributed by atoms with Gasteiger partial charge in [-0.2, -0.15) is 5.26 Å². The molecule has 1 amide bonds. The normalized spacial score (nSPS) is 28.4. The minimum atomic E-state index is -1.33. The lowest BCUT2D eigenvalue weighted by molar-refractivity contribution is -0.141. The highest BCUT2D eigenvalue weighted by molar-refractivity contribution is 5.69. The number of hydrogen-bond acceptors (Lipinski definition) is 5. The predicted molar refractivity (Wildman–Crippen MR) is 90.7 cm³/mol. The van der Waals surface area contributed by atoms with Gasteiger partial charge in [0.25, 0.3) is 0 Å². The van der Waals surface area contributed by atoms with Crippen LogP contribution in [0.2, 0.25) is 0 Å². The summed E-state index contributed by atoms with van der Waals surface area (Å²) in [6, 6.07) is 5.04. The highest BCUT2D eigenvalue weighted by Crippen LogP contribution is 2.42. The molecule has 2 bridgehead atoms. The number of halogens is 1. The monoisotopic (exact) mass is 362 g/mol. The van der Waals surface area contributed by atoms with Gasteiger partial charge in [-0.05, 0) is 44.5 Å². The number of piperidine rings is 1. The minimum absolute atomic E-state index is 0.157.